The Hall–Kier alpha value is -2.05. The van der Waals surface area contributed by atoms with Crippen LogP contribution in [0.3, 0.4) is 0 Å². The van der Waals surface area contributed by atoms with Crippen LogP contribution in [-0.2, 0) is 10.0 Å². The third-order valence-corrected chi connectivity index (χ3v) is 5.50. The number of carbonyl (C=O) groups excluding carboxylic acids is 1. The van der Waals surface area contributed by atoms with Gasteiger partial charge in [0.2, 0.25) is 0 Å². The number of aryl methyl sites for hydroxylation is 1. The minimum Gasteiger partial charge on any atom is -0.352 e. The molecule has 2 N–H and O–H groups in total. The largest absolute Gasteiger partial charge is 0.352 e. The van der Waals surface area contributed by atoms with Gasteiger partial charge < -0.3 is 5.32 Å². The summed E-state index contributed by atoms with van der Waals surface area (Å²) >= 11 is 5.90. The van der Waals surface area contributed by atoms with Crippen LogP contribution in [0, 0.1) is 6.92 Å². The summed E-state index contributed by atoms with van der Waals surface area (Å²) < 4.78 is 27.8. The SMILES string of the molecule is CCCCCNC(=O)c1cccc(S(=O)(=O)Nc2ccc(Cl)cc2C)c1. The van der Waals surface area contributed by atoms with E-state index < -0.39 is 10.0 Å². The van der Waals surface area contributed by atoms with Gasteiger partial charge in [0.15, 0.2) is 0 Å². The molecule has 5 nitrogen and oxygen atoms in total. The number of sulfonamides is 1. The van der Waals surface area contributed by atoms with Crippen molar-refractivity contribution in [2.75, 3.05) is 11.3 Å². The molecular formula is C19H23ClN2O3S. The number of anilines is 1. The predicted octanol–water partition coefficient (Wildman–Crippen LogP) is 4.37. The maximum atomic E-state index is 12.6. The lowest BCUT2D eigenvalue weighted by Crippen LogP contribution is -2.24. The van der Waals surface area contributed by atoms with Crippen molar-refractivity contribution >= 4 is 33.2 Å². The zero-order valence-electron chi connectivity index (χ0n) is 14.9. The molecule has 7 heteroatoms. The minimum absolute atomic E-state index is 0.0352. The maximum Gasteiger partial charge on any atom is 0.261 e. The topological polar surface area (TPSA) is 75.3 Å². The summed E-state index contributed by atoms with van der Waals surface area (Å²) in [5.41, 5.74) is 1.48. The van der Waals surface area contributed by atoms with Crippen molar-refractivity contribution in [3.05, 3.63) is 58.6 Å². The van der Waals surface area contributed by atoms with Gasteiger partial charge in [0.1, 0.15) is 0 Å². The van der Waals surface area contributed by atoms with Gasteiger partial charge >= 0.3 is 0 Å². The first-order valence-corrected chi connectivity index (χ1v) is 10.4. The number of carbonyl (C=O) groups is 1. The van der Waals surface area contributed by atoms with Crippen molar-refractivity contribution in [1.29, 1.82) is 0 Å². The van der Waals surface area contributed by atoms with Gasteiger partial charge in [-0.3, -0.25) is 9.52 Å². The lowest BCUT2D eigenvalue weighted by molar-refractivity contribution is 0.0952. The first kappa shape index (κ1) is 20.3. The lowest BCUT2D eigenvalue weighted by Gasteiger charge is -2.12. The molecule has 0 aliphatic heterocycles. The molecule has 0 unspecified atom stereocenters. The molecule has 2 aromatic carbocycles. The Morgan fingerprint density at radius 2 is 1.88 bits per heavy atom. The molecule has 0 saturated heterocycles. The highest BCUT2D eigenvalue weighted by atomic mass is 35.5. The molecule has 0 heterocycles. The highest BCUT2D eigenvalue weighted by Gasteiger charge is 2.17. The average molecular weight is 395 g/mol. The summed E-state index contributed by atoms with van der Waals surface area (Å²) in [5.74, 6) is -0.277. The standard InChI is InChI=1S/C19H23ClN2O3S/c1-3-4-5-11-21-19(23)15-7-6-8-17(13-15)26(24,25)22-18-10-9-16(20)12-14(18)2/h6-10,12-13,22H,3-5,11H2,1-2H3,(H,21,23). The number of hydrogen-bond donors (Lipinski definition) is 2. The number of amides is 1. The van der Waals surface area contributed by atoms with Crippen LogP contribution < -0.4 is 10.0 Å². The van der Waals surface area contributed by atoms with Crippen LogP contribution in [-0.4, -0.2) is 20.9 Å². The first-order chi connectivity index (χ1) is 12.3. The lowest BCUT2D eigenvalue weighted by atomic mass is 10.2. The van der Waals surface area contributed by atoms with E-state index in [9.17, 15) is 13.2 Å². The zero-order valence-corrected chi connectivity index (χ0v) is 16.5. The molecule has 140 valence electrons. The van der Waals surface area contributed by atoms with Gasteiger partial charge in [-0.1, -0.05) is 37.4 Å². The van der Waals surface area contributed by atoms with E-state index in [2.05, 4.69) is 17.0 Å². The second kappa shape index (κ2) is 9.05. The van der Waals surface area contributed by atoms with Gasteiger partial charge in [0.25, 0.3) is 15.9 Å². The summed E-state index contributed by atoms with van der Waals surface area (Å²) in [4.78, 5) is 12.2. The van der Waals surface area contributed by atoms with Crippen LogP contribution in [0.25, 0.3) is 0 Å². The van der Waals surface area contributed by atoms with Crippen LogP contribution in [0.15, 0.2) is 47.4 Å². The summed E-state index contributed by atoms with van der Waals surface area (Å²) in [6.45, 7) is 4.43. The molecule has 2 aromatic rings. The van der Waals surface area contributed by atoms with E-state index in [4.69, 9.17) is 11.6 Å². The fourth-order valence-corrected chi connectivity index (χ4v) is 3.83. The third-order valence-electron chi connectivity index (χ3n) is 3.91. The van der Waals surface area contributed by atoms with Crippen LogP contribution in [0.2, 0.25) is 5.02 Å². The van der Waals surface area contributed by atoms with E-state index >= 15 is 0 Å². The molecule has 1 amide bonds. The molecule has 0 aliphatic rings. The van der Waals surface area contributed by atoms with E-state index in [0.717, 1.165) is 19.3 Å². The Labute approximate surface area is 159 Å². The zero-order chi connectivity index (χ0) is 19.2. The summed E-state index contributed by atoms with van der Waals surface area (Å²) in [6.07, 6.45) is 3.01. The van der Waals surface area contributed by atoms with Crippen molar-refractivity contribution in [3.63, 3.8) is 0 Å². The monoisotopic (exact) mass is 394 g/mol. The van der Waals surface area contributed by atoms with Crippen molar-refractivity contribution in [2.24, 2.45) is 0 Å². The highest BCUT2D eigenvalue weighted by Crippen LogP contribution is 2.23. The number of halogens is 1. The predicted molar refractivity (Wildman–Crippen MR) is 105 cm³/mol. The van der Waals surface area contributed by atoms with E-state index in [-0.39, 0.29) is 10.8 Å². The molecule has 2 rings (SSSR count). The number of nitrogens with one attached hydrogen (secondary N) is 2. The van der Waals surface area contributed by atoms with Gasteiger partial charge in [-0.25, -0.2) is 8.42 Å². The molecule has 0 aliphatic carbocycles. The van der Waals surface area contributed by atoms with Crippen LogP contribution in [0.4, 0.5) is 5.69 Å². The third kappa shape index (κ3) is 5.47. The Balaban J connectivity index is 2.15. The highest BCUT2D eigenvalue weighted by molar-refractivity contribution is 7.92. The van der Waals surface area contributed by atoms with E-state index in [1.165, 1.54) is 12.1 Å². The normalized spacial score (nSPS) is 11.2. The molecule has 0 bridgehead atoms. The van der Waals surface area contributed by atoms with Crippen molar-refractivity contribution < 1.29 is 13.2 Å². The minimum atomic E-state index is -3.81. The Kier molecular flexibility index (Phi) is 7.06. The second-order valence-corrected chi connectivity index (χ2v) is 8.17. The summed E-state index contributed by atoms with van der Waals surface area (Å²) in [7, 11) is -3.81. The fraction of sp³-hybridized carbons (Fsp3) is 0.316. The smallest absolute Gasteiger partial charge is 0.261 e. The quantitative estimate of drug-likeness (QED) is 0.653. The number of hydrogen-bond acceptors (Lipinski definition) is 3. The van der Waals surface area contributed by atoms with Crippen LogP contribution in [0.1, 0.15) is 42.1 Å². The van der Waals surface area contributed by atoms with Gasteiger partial charge in [-0.2, -0.15) is 0 Å². The van der Waals surface area contributed by atoms with Gasteiger partial charge in [0, 0.05) is 17.1 Å². The molecule has 26 heavy (non-hydrogen) atoms. The second-order valence-electron chi connectivity index (χ2n) is 6.06. The van der Waals surface area contributed by atoms with Crippen LogP contribution >= 0.6 is 11.6 Å². The Morgan fingerprint density at radius 3 is 2.58 bits per heavy atom. The molecular weight excluding hydrogens is 372 g/mol. The van der Waals surface area contributed by atoms with Crippen molar-refractivity contribution in [1.82, 2.24) is 5.32 Å². The molecule has 0 radical (unpaired) electrons. The van der Waals surface area contributed by atoms with E-state index in [1.807, 2.05) is 0 Å². The van der Waals surface area contributed by atoms with Gasteiger partial charge in [-0.05, 0) is 55.3 Å². The van der Waals surface area contributed by atoms with E-state index in [0.29, 0.717) is 28.4 Å². The molecule has 0 saturated carbocycles. The fourth-order valence-electron chi connectivity index (χ4n) is 2.43. The number of benzene rings is 2. The van der Waals surface area contributed by atoms with Gasteiger partial charge in [-0.15, -0.1) is 0 Å². The number of unbranched alkanes of at least 4 members (excludes halogenated alkanes) is 2. The molecule has 0 fully saturated rings. The summed E-state index contributed by atoms with van der Waals surface area (Å²) in [5, 5.41) is 3.34. The van der Waals surface area contributed by atoms with Crippen LogP contribution in [0.5, 0.6) is 0 Å². The summed E-state index contributed by atoms with van der Waals surface area (Å²) in [6, 6.07) is 10.9. The van der Waals surface area contributed by atoms with Crippen molar-refractivity contribution in [3.8, 4) is 0 Å². The number of rotatable bonds is 8. The maximum absolute atomic E-state index is 12.6. The molecule has 0 spiro atoms. The molecule has 0 atom stereocenters. The first-order valence-electron chi connectivity index (χ1n) is 8.50. The Morgan fingerprint density at radius 1 is 1.12 bits per heavy atom. The molecule has 0 aromatic heterocycles. The van der Waals surface area contributed by atoms with Gasteiger partial charge in [0.05, 0.1) is 10.6 Å². The Bertz CT molecular complexity index is 882. The van der Waals surface area contributed by atoms with E-state index in [1.54, 1.807) is 37.3 Å². The average Bonchev–Trinajstić information content (AvgIpc) is 2.61. The van der Waals surface area contributed by atoms with Crippen molar-refractivity contribution in [2.45, 2.75) is 38.0 Å².